The maximum atomic E-state index is 11.1. The van der Waals surface area contributed by atoms with Crippen LogP contribution in [0.2, 0.25) is 0 Å². The summed E-state index contributed by atoms with van der Waals surface area (Å²) in [5.41, 5.74) is 0. The Kier molecular flexibility index (Phi) is 10.2. The van der Waals surface area contributed by atoms with Crippen LogP contribution in [-0.4, -0.2) is 12.6 Å². The standard InChI is InChI=1S/C14H26O2/c1-4-6-7-8-10-13(3)11-12-16-14(15)9-5-2/h4,13H,1,5-12H2,2-3H3. The molecule has 0 spiro atoms. The molecule has 0 rings (SSSR count). The van der Waals surface area contributed by atoms with Crippen LogP contribution in [0.5, 0.6) is 0 Å². The number of carbonyl (C=O) groups is 1. The molecular weight excluding hydrogens is 200 g/mol. The number of allylic oxidation sites excluding steroid dienone is 1. The molecule has 1 unspecified atom stereocenters. The molecule has 0 aromatic heterocycles. The average molecular weight is 226 g/mol. The first-order chi connectivity index (χ1) is 7.70. The Balaban J connectivity index is 3.32. The third-order valence-corrected chi connectivity index (χ3v) is 2.68. The van der Waals surface area contributed by atoms with Crippen molar-refractivity contribution in [2.24, 2.45) is 5.92 Å². The van der Waals surface area contributed by atoms with E-state index in [1.165, 1.54) is 19.3 Å². The molecule has 2 heteroatoms. The van der Waals surface area contributed by atoms with Gasteiger partial charge in [-0.2, -0.15) is 0 Å². The van der Waals surface area contributed by atoms with Gasteiger partial charge in [0, 0.05) is 6.42 Å². The van der Waals surface area contributed by atoms with Crippen LogP contribution in [0.1, 0.15) is 58.8 Å². The van der Waals surface area contributed by atoms with Gasteiger partial charge >= 0.3 is 5.97 Å². The van der Waals surface area contributed by atoms with Crippen molar-refractivity contribution in [3.8, 4) is 0 Å². The molecule has 0 aliphatic heterocycles. The third kappa shape index (κ3) is 9.75. The summed E-state index contributed by atoms with van der Waals surface area (Å²) in [6.45, 7) is 8.50. The lowest BCUT2D eigenvalue weighted by molar-refractivity contribution is -0.144. The molecule has 0 bridgehead atoms. The van der Waals surface area contributed by atoms with Gasteiger partial charge in [-0.1, -0.05) is 32.8 Å². The fraction of sp³-hybridized carbons (Fsp3) is 0.786. The van der Waals surface area contributed by atoms with E-state index in [1.807, 2.05) is 13.0 Å². The Labute approximate surface area is 100 Å². The molecule has 0 aromatic carbocycles. The zero-order chi connectivity index (χ0) is 12.2. The summed E-state index contributed by atoms with van der Waals surface area (Å²) in [6.07, 6.45) is 9.18. The number of rotatable bonds is 10. The normalized spacial score (nSPS) is 12.1. The number of unbranched alkanes of at least 4 members (excludes halogenated alkanes) is 2. The predicted molar refractivity (Wildman–Crippen MR) is 68.3 cm³/mol. The summed E-state index contributed by atoms with van der Waals surface area (Å²) in [4.78, 5) is 11.1. The quantitative estimate of drug-likeness (QED) is 0.318. The van der Waals surface area contributed by atoms with Crippen molar-refractivity contribution in [1.29, 1.82) is 0 Å². The van der Waals surface area contributed by atoms with Crippen molar-refractivity contribution in [2.45, 2.75) is 58.8 Å². The van der Waals surface area contributed by atoms with Crippen LogP contribution in [0.3, 0.4) is 0 Å². The fourth-order valence-electron chi connectivity index (χ4n) is 1.58. The van der Waals surface area contributed by atoms with Crippen LogP contribution >= 0.6 is 0 Å². The Bertz CT molecular complexity index is 187. The van der Waals surface area contributed by atoms with Gasteiger partial charge in [0.25, 0.3) is 0 Å². The molecule has 0 amide bonds. The van der Waals surface area contributed by atoms with E-state index in [9.17, 15) is 4.79 Å². The highest BCUT2D eigenvalue weighted by Crippen LogP contribution is 2.13. The molecule has 0 N–H and O–H groups in total. The Morgan fingerprint density at radius 1 is 1.38 bits per heavy atom. The van der Waals surface area contributed by atoms with Crippen LogP contribution in [0.15, 0.2) is 12.7 Å². The van der Waals surface area contributed by atoms with Crippen LogP contribution < -0.4 is 0 Å². The van der Waals surface area contributed by atoms with Crippen LogP contribution in [-0.2, 0) is 9.53 Å². The second-order valence-corrected chi connectivity index (χ2v) is 4.44. The molecule has 0 aliphatic carbocycles. The molecule has 0 aliphatic rings. The monoisotopic (exact) mass is 226 g/mol. The highest BCUT2D eigenvalue weighted by atomic mass is 16.5. The van der Waals surface area contributed by atoms with Gasteiger partial charge in [0.1, 0.15) is 0 Å². The second kappa shape index (κ2) is 10.7. The summed E-state index contributed by atoms with van der Waals surface area (Å²) in [5.74, 6) is 0.598. The molecule has 0 saturated heterocycles. The van der Waals surface area contributed by atoms with E-state index in [0.717, 1.165) is 19.3 Å². The minimum atomic E-state index is -0.0543. The first-order valence-corrected chi connectivity index (χ1v) is 6.47. The van der Waals surface area contributed by atoms with Crippen molar-refractivity contribution in [3.05, 3.63) is 12.7 Å². The summed E-state index contributed by atoms with van der Waals surface area (Å²) >= 11 is 0. The largest absolute Gasteiger partial charge is 0.466 e. The van der Waals surface area contributed by atoms with Crippen molar-refractivity contribution < 1.29 is 9.53 Å². The van der Waals surface area contributed by atoms with E-state index >= 15 is 0 Å². The van der Waals surface area contributed by atoms with E-state index in [0.29, 0.717) is 18.9 Å². The van der Waals surface area contributed by atoms with E-state index < -0.39 is 0 Å². The van der Waals surface area contributed by atoms with Crippen molar-refractivity contribution in [2.75, 3.05) is 6.61 Å². The summed E-state index contributed by atoms with van der Waals surface area (Å²) < 4.78 is 5.13. The highest BCUT2D eigenvalue weighted by molar-refractivity contribution is 5.69. The van der Waals surface area contributed by atoms with Crippen LogP contribution in [0.25, 0.3) is 0 Å². The van der Waals surface area contributed by atoms with Gasteiger partial charge in [0.15, 0.2) is 0 Å². The number of carbonyl (C=O) groups excluding carboxylic acids is 1. The van der Waals surface area contributed by atoms with E-state index in [4.69, 9.17) is 4.74 Å². The van der Waals surface area contributed by atoms with E-state index in [-0.39, 0.29) is 5.97 Å². The highest BCUT2D eigenvalue weighted by Gasteiger charge is 2.04. The predicted octanol–water partition coefficient (Wildman–Crippen LogP) is 4.10. The molecule has 94 valence electrons. The molecule has 0 saturated carbocycles. The van der Waals surface area contributed by atoms with Crippen LogP contribution in [0.4, 0.5) is 0 Å². The van der Waals surface area contributed by atoms with Gasteiger partial charge in [0.05, 0.1) is 6.61 Å². The SMILES string of the molecule is C=CCCCCC(C)CCOC(=O)CCC. The maximum absolute atomic E-state index is 11.1. The van der Waals surface area contributed by atoms with Gasteiger partial charge in [0.2, 0.25) is 0 Å². The lowest BCUT2D eigenvalue weighted by Gasteiger charge is -2.11. The van der Waals surface area contributed by atoms with Crippen LogP contribution in [0, 0.1) is 5.92 Å². The summed E-state index contributed by atoms with van der Waals surface area (Å²) in [6, 6.07) is 0. The molecular formula is C14H26O2. The van der Waals surface area contributed by atoms with E-state index in [2.05, 4.69) is 13.5 Å². The van der Waals surface area contributed by atoms with Gasteiger partial charge in [-0.15, -0.1) is 6.58 Å². The van der Waals surface area contributed by atoms with E-state index in [1.54, 1.807) is 0 Å². The molecule has 0 radical (unpaired) electrons. The number of esters is 1. The van der Waals surface area contributed by atoms with Crippen molar-refractivity contribution >= 4 is 5.97 Å². The summed E-state index contributed by atoms with van der Waals surface area (Å²) in [5, 5.41) is 0. The molecule has 1 atom stereocenters. The molecule has 0 aromatic rings. The number of hydrogen-bond acceptors (Lipinski definition) is 2. The minimum Gasteiger partial charge on any atom is -0.466 e. The van der Waals surface area contributed by atoms with Crippen molar-refractivity contribution in [3.63, 3.8) is 0 Å². The van der Waals surface area contributed by atoms with Crippen molar-refractivity contribution in [1.82, 2.24) is 0 Å². The third-order valence-electron chi connectivity index (χ3n) is 2.68. The number of hydrogen-bond donors (Lipinski definition) is 0. The maximum Gasteiger partial charge on any atom is 0.305 e. The fourth-order valence-corrected chi connectivity index (χ4v) is 1.58. The molecule has 2 nitrogen and oxygen atoms in total. The lowest BCUT2D eigenvalue weighted by Crippen LogP contribution is -2.08. The zero-order valence-electron chi connectivity index (χ0n) is 10.8. The lowest BCUT2D eigenvalue weighted by atomic mass is 10.0. The first kappa shape index (κ1) is 15.2. The molecule has 0 fully saturated rings. The Morgan fingerprint density at radius 2 is 2.12 bits per heavy atom. The Hall–Kier alpha value is -0.790. The smallest absolute Gasteiger partial charge is 0.305 e. The van der Waals surface area contributed by atoms with Gasteiger partial charge in [-0.25, -0.2) is 0 Å². The zero-order valence-corrected chi connectivity index (χ0v) is 10.8. The Morgan fingerprint density at radius 3 is 2.75 bits per heavy atom. The minimum absolute atomic E-state index is 0.0543. The molecule has 0 heterocycles. The second-order valence-electron chi connectivity index (χ2n) is 4.44. The average Bonchev–Trinajstić information content (AvgIpc) is 2.25. The van der Waals surface area contributed by atoms with Gasteiger partial charge in [-0.3, -0.25) is 4.79 Å². The number of ether oxygens (including phenoxy) is 1. The molecule has 16 heavy (non-hydrogen) atoms. The first-order valence-electron chi connectivity index (χ1n) is 6.47. The summed E-state index contributed by atoms with van der Waals surface area (Å²) in [7, 11) is 0. The van der Waals surface area contributed by atoms with Gasteiger partial charge < -0.3 is 4.74 Å². The topological polar surface area (TPSA) is 26.3 Å². The van der Waals surface area contributed by atoms with Gasteiger partial charge in [-0.05, 0) is 31.6 Å².